The molecule has 0 fully saturated rings. The maximum absolute atomic E-state index is 9.06. The second-order valence-corrected chi connectivity index (χ2v) is 2.33. The molecule has 2 aliphatic heterocycles. The van der Waals surface area contributed by atoms with E-state index in [9.17, 15) is 0 Å². The molecule has 0 aliphatic carbocycles. The van der Waals surface area contributed by atoms with Gasteiger partial charge in [0.15, 0.2) is 0 Å². The van der Waals surface area contributed by atoms with Crippen LogP contribution < -0.4 is 16.2 Å². The minimum atomic E-state index is -0.550. The highest BCUT2D eigenvalue weighted by molar-refractivity contribution is 5.32. The maximum atomic E-state index is 9.06. The molecule has 2 rings (SSSR count). The van der Waals surface area contributed by atoms with Crippen LogP contribution in [0.5, 0.6) is 0 Å². The Bertz CT molecular complexity index is 209. The third-order valence-corrected chi connectivity index (χ3v) is 1.59. The first-order valence-electron chi connectivity index (χ1n) is 3.21. The monoisotopic (exact) mass is 139 g/mol. The number of hydrogen-bond donors (Lipinski definition) is 4. The number of nitrogens with one attached hydrogen (secondary N) is 3. The summed E-state index contributed by atoms with van der Waals surface area (Å²) in [5.41, 5.74) is 6.99. The molecule has 0 radical (unpaired) electrons. The average Bonchev–Trinajstić information content (AvgIpc) is 2.33. The second-order valence-electron chi connectivity index (χ2n) is 2.33. The van der Waals surface area contributed by atoms with Gasteiger partial charge in [-0.3, -0.25) is 0 Å². The Hall–Kier alpha value is -1.00. The van der Waals surface area contributed by atoms with Crippen LogP contribution in [0, 0.1) is 0 Å². The molecule has 0 aromatic carbocycles. The minimum Gasteiger partial charge on any atom is -0.370 e. The normalized spacial score (nSPS) is 29.5. The predicted octanol–water partition coefficient (Wildman–Crippen LogP) is -1.22. The van der Waals surface area contributed by atoms with Gasteiger partial charge in [0.25, 0.3) is 0 Å². The van der Waals surface area contributed by atoms with Crippen LogP contribution in [-0.2, 0) is 0 Å². The molecule has 2 aliphatic rings. The maximum Gasteiger partial charge on any atom is 0.145 e. The zero-order chi connectivity index (χ0) is 6.97. The van der Waals surface area contributed by atoms with Crippen LogP contribution >= 0.6 is 0 Å². The summed E-state index contributed by atoms with van der Waals surface area (Å²) >= 11 is 0. The Morgan fingerprint density at radius 3 is 3.40 bits per heavy atom. The summed E-state index contributed by atoms with van der Waals surface area (Å²) < 4.78 is 0. The van der Waals surface area contributed by atoms with Gasteiger partial charge < -0.3 is 15.8 Å². The molecule has 0 bridgehead atoms. The topological polar surface area (TPSA) is 56.3 Å². The van der Waals surface area contributed by atoms with Crippen molar-refractivity contribution in [1.82, 2.24) is 16.2 Å². The lowest BCUT2D eigenvalue weighted by Gasteiger charge is -2.15. The molecule has 0 amide bonds. The first-order chi connectivity index (χ1) is 4.86. The summed E-state index contributed by atoms with van der Waals surface area (Å²) in [5, 5.41) is 11.9. The molecule has 0 aromatic rings. The van der Waals surface area contributed by atoms with Gasteiger partial charge in [0.2, 0.25) is 0 Å². The van der Waals surface area contributed by atoms with E-state index in [0.29, 0.717) is 0 Å². The van der Waals surface area contributed by atoms with Crippen molar-refractivity contribution >= 4 is 0 Å². The van der Waals surface area contributed by atoms with Crippen LogP contribution in [0.15, 0.2) is 23.5 Å². The molecule has 10 heavy (non-hydrogen) atoms. The molecule has 4 nitrogen and oxygen atoms in total. The molecule has 1 atom stereocenters. The first-order valence-corrected chi connectivity index (χ1v) is 3.21. The molecule has 1 unspecified atom stereocenters. The molecule has 4 heteroatoms. The van der Waals surface area contributed by atoms with E-state index in [-0.39, 0.29) is 0 Å². The van der Waals surface area contributed by atoms with Crippen LogP contribution in [-0.4, -0.2) is 17.9 Å². The van der Waals surface area contributed by atoms with Gasteiger partial charge in [-0.25, -0.2) is 5.43 Å². The fraction of sp³-hybridized carbons (Fsp3) is 0.333. The van der Waals surface area contributed by atoms with Gasteiger partial charge in [-0.1, -0.05) is 6.08 Å². The van der Waals surface area contributed by atoms with Gasteiger partial charge in [0.05, 0.1) is 0 Å². The standard InChI is InChI=1S/C6H9N3O/c10-5-2-1-4-3-7-9-6(4)8-5/h1-2,5,7-10H,3H2. The van der Waals surface area contributed by atoms with Crippen molar-refractivity contribution in [2.45, 2.75) is 6.23 Å². The summed E-state index contributed by atoms with van der Waals surface area (Å²) in [6.45, 7) is 0.811. The minimum absolute atomic E-state index is 0.550. The average molecular weight is 139 g/mol. The highest BCUT2D eigenvalue weighted by Gasteiger charge is 2.16. The molecule has 0 saturated heterocycles. The highest BCUT2D eigenvalue weighted by atomic mass is 16.3. The molecule has 4 N–H and O–H groups in total. The van der Waals surface area contributed by atoms with Crippen molar-refractivity contribution in [2.75, 3.05) is 6.54 Å². The molecular formula is C6H9N3O. The summed E-state index contributed by atoms with van der Waals surface area (Å²) in [5.74, 6) is 0.884. The van der Waals surface area contributed by atoms with Crippen molar-refractivity contribution in [3.05, 3.63) is 23.5 Å². The van der Waals surface area contributed by atoms with E-state index in [0.717, 1.165) is 17.9 Å². The van der Waals surface area contributed by atoms with Gasteiger partial charge in [-0.15, -0.1) is 0 Å². The van der Waals surface area contributed by atoms with E-state index in [4.69, 9.17) is 5.11 Å². The van der Waals surface area contributed by atoms with Crippen molar-refractivity contribution < 1.29 is 5.11 Å². The zero-order valence-corrected chi connectivity index (χ0v) is 5.39. The quantitative estimate of drug-likeness (QED) is 0.340. The van der Waals surface area contributed by atoms with Gasteiger partial charge >= 0.3 is 0 Å². The number of hydrogen-bond acceptors (Lipinski definition) is 4. The molecule has 0 saturated carbocycles. The highest BCUT2D eigenvalue weighted by Crippen LogP contribution is 2.09. The van der Waals surface area contributed by atoms with E-state index in [1.54, 1.807) is 6.08 Å². The largest absolute Gasteiger partial charge is 0.370 e. The molecular weight excluding hydrogens is 130 g/mol. The van der Waals surface area contributed by atoms with Crippen molar-refractivity contribution in [3.8, 4) is 0 Å². The van der Waals surface area contributed by atoms with E-state index >= 15 is 0 Å². The number of dihydropyridines is 1. The summed E-state index contributed by atoms with van der Waals surface area (Å²) in [4.78, 5) is 0. The number of aliphatic hydroxyl groups is 1. The first kappa shape index (κ1) is 5.76. The fourth-order valence-corrected chi connectivity index (χ4v) is 1.07. The van der Waals surface area contributed by atoms with Gasteiger partial charge in [0, 0.05) is 12.1 Å². The van der Waals surface area contributed by atoms with Gasteiger partial charge in [-0.2, -0.15) is 0 Å². The van der Waals surface area contributed by atoms with E-state index in [1.165, 1.54) is 0 Å². The Balaban J connectivity index is 2.22. The van der Waals surface area contributed by atoms with Crippen molar-refractivity contribution in [1.29, 1.82) is 0 Å². The Labute approximate surface area is 58.6 Å². The van der Waals surface area contributed by atoms with Gasteiger partial charge in [-0.05, 0) is 6.08 Å². The lowest BCUT2D eigenvalue weighted by atomic mass is 10.2. The van der Waals surface area contributed by atoms with Crippen molar-refractivity contribution in [3.63, 3.8) is 0 Å². The van der Waals surface area contributed by atoms with Crippen LogP contribution in [0.2, 0.25) is 0 Å². The van der Waals surface area contributed by atoms with E-state index in [2.05, 4.69) is 16.2 Å². The summed E-state index contributed by atoms with van der Waals surface area (Å²) in [6, 6.07) is 0. The molecule has 0 spiro atoms. The number of aliphatic hydroxyl groups excluding tert-OH is 1. The van der Waals surface area contributed by atoms with E-state index < -0.39 is 6.23 Å². The SMILES string of the molecule is OC1C=CC2=C(NNC2)N1. The zero-order valence-electron chi connectivity index (χ0n) is 5.39. The third kappa shape index (κ3) is 0.778. The predicted molar refractivity (Wildman–Crippen MR) is 36.4 cm³/mol. The Morgan fingerprint density at radius 1 is 1.60 bits per heavy atom. The number of rotatable bonds is 0. The second kappa shape index (κ2) is 2.00. The lowest BCUT2D eigenvalue weighted by molar-refractivity contribution is 0.192. The lowest BCUT2D eigenvalue weighted by Crippen LogP contribution is -2.36. The number of hydrazine groups is 1. The van der Waals surface area contributed by atoms with Crippen LogP contribution in [0.25, 0.3) is 0 Å². The molecule has 54 valence electrons. The third-order valence-electron chi connectivity index (χ3n) is 1.59. The fourth-order valence-electron chi connectivity index (χ4n) is 1.07. The van der Waals surface area contributed by atoms with E-state index in [1.807, 2.05) is 6.08 Å². The van der Waals surface area contributed by atoms with Crippen LogP contribution in [0.1, 0.15) is 0 Å². The molecule has 2 heterocycles. The Morgan fingerprint density at radius 2 is 2.50 bits per heavy atom. The van der Waals surface area contributed by atoms with Crippen molar-refractivity contribution in [2.24, 2.45) is 0 Å². The van der Waals surface area contributed by atoms with Crippen LogP contribution in [0.4, 0.5) is 0 Å². The van der Waals surface area contributed by atoms with Crippen LogP contribution in [0.3, 0.4) is 0 Å². The smallest absolute Gasteiger partial charge is 0.145 e. The van der Waals surface area contributed by atoms with Gasteiger partial charge in [0.1, 0.15) is 12.0 Å². The summed E-state index contributed by atoms with van der Waals surface area (Å²) in [7, 11) is 0. The summed E-state index contributed by atoms with van der Waals surface area (Å²) in [6.07, 6.45) is 3.07. The molecule has 0 aromatic heterocycles. The Kier molecular flexibility index (Phi) is 1.15.